The van der Waals surface area contributed by atoms with Crippen molar-refractivity contribution in [2.75, 3.05) is 33.4 Å². The second-order valence-corrected chi connectivity index (χ2v) is 12.2. The van der Waals surface area contributed by atoms with Crippen LogP contribution in [0, 0.1) is 11.8 Å². The molecule has 4 rings (SSSR count). The third-order valence-corrected chi connectivity index (χ3v) is 8.84. The van der Waals surface area contributed by atoms with Crippen LogP contribution in [0.25, 0.3) is 0 Å². The zero-order chi connectivity index (χ0) is 30.8. The lowest BCUT2D eigenvalue weighted by molar-refractivity contribution is -0.131. The minimum Gasteiger partial charge on any atom is -0.497 e. The SMILES string of the molecule is CCOc1cc(OC)ccc1CNCC(=O)N1CCC[C@H](c2cccc(C(=O)N[C@@H](C(=O)C(C)C)C3CCCCC3)c2)C1.[HH].[HH]. The molecule has 2 aliphatic rings. The minimum atomic E-state index is -0.436. The van der Waals surface area contributed by atoms with Gasteiger partial charge in [-0.3, -0.25) is 14.4 Å². The topological polar surface area (TPSA) is 97.0 Å². The molecule has 1 saturated carbocycles. The average molecular weight is 596 g/mol. The molecule has 238 valence electrons. The van der Waals surface area contributed by atoms with E-state index in [0.717, 1.165) is 67.7 Å². The van der Waals surface area contributed by atoms with Crippen molar-refractivity contribution >= 4 is 17.6 Å². The summed E-state index contributed by atoms with van der Waals surface area (Å²) in [5.41, 5.74) is 2.61. The lowest BCUT2D eigenvalue weighted by Gasteiger charge is -2.33. The van der Waals surface area contributed by atoms with Gasteiger partial charge in [-0.1, -0.05) is 51.3 Å². The van der Waals surface area contributed by atoms with Gasteiger partial charge in [0.1, 0.15) is 11.5 Å². The first-order valence-corrected chi connectivity index (χ1v) is 16.0. The maximum absolute atomic E-state index is 13.4. The molecule has 1 heterocycles. The lowest BCUT2D eigenvalue weighted by atomic mass is 9.80. The van der Waals surface area contributed by atoms with Crippen LogP contribution in [-0.2, 0) is 16.1 Å². The molecule has 0 aromatic heterocycles. The number of carbonyl (C=O) groups excluding carboxylic acids is 3. The summed E-state index contributed by atoms with van der Waals surface area (Å²) < 4.78 is 11.1. The average Bonchev–Trinajstić information content (AvgIpc) is 3.04. The summed E-state index contributed by atoms with van der Waals surface area (Å²) >= 11 is 0. The maximum Gasteiger partial charge on any atom is 0.251 e. The van der Waals surface area contributed by atoms with Gasteiger partial charge in [-0.25, -0.2) is 0 Å². The van der Waals surface area contributed by atoms with Crippen LogP contribution < -0.4 is 20.1 Å². The summed E-state index contributed by atoms with van der Waals surface area (Å²) in [4.78, 5) is 41.6. The van der Waals surface area contributed by atoms with Crippen LogP contribution in [0.15, 0.2) is 42.5 Å². The first-order valence-electron chi connectivity index (χ1n) is 16.0. The predicted molar refractivity (Wildman–Crippen MR) is 173 cm³/mol. The Bertz CT molecular complexity index is 1250. The van der Waals surface area contributed by atoms with Gasteiger partial charge in [-0.15, -0.1) is 0 Å². The minimum absolute atomic E-state index is 0. The number of likely N-dealkylation sites (tertiary alicyclic amines) is 1. The quantitative estimate of drug-likeness (QED) is 0.296. The van der Waals surface area contributed by atoms with Crippen LogP contribution in [0.3, 0.4) is 0 Å². The number of Topliss-reactive ketones (excluding diaryl/α,β-unsaturated/α-hetero) is 1. The molecular formula is C35H53N3O5. The van der Waals surface area contributed by atoms with Gasteiger partial charge in [0.05, 0.1) is 26.3 Å². The Morgan fingerprint density at radius 1 is 1.02 bits per heavy atom. The molecule has 43 heavy (non-hydrogen) atoms. The van der Waals surface area contributed by atoms with Crippen LogP contribution in [-0.4, -0.2) is 61.9 Å². The highest BCUT2D eigenvalue weighted by atomic mass is 16.5. The van der Waals surface area contributed by atoms with Crippen LogP contribution in [0.4, 0.5) is 0 Å². The molecule has 2 N–H and O–H groups in total. The molecule has 2 aromatic carbocycles. The molecule has 2 fully saturated rings. The maximum atomic E-state index is 13.4. The summed E-state index contributed by atoms with van der Waals surface area (Å²) in [6, 6.07) is 13.0. The molecule has 0 bridgehead atoms. The molecular weight excluding hydrogens is 542 g/mol. The number of methoxy groups -OCH3 is 1. The van der Waals surface area contributed by atoms with Gasteiger partial charge < -0.3 is 25.0 Å². The van der Waals surface area contributed by atoms with E-state index >= 15 is 0 Å². The first kappa shape index (κ1) is 32.5. The lowest BCUT2D eigenvalue weighted by Crippen LogP contribution is -2.48. The fraction of sp³-hybridized carbons (Fsp3) is 0.571. The Labute approximate surface area is 259 Å². The molecule has 2 atom stereocenters. The number of ketones is 1. The van der Waals surface area contributed by atoms with E-state index < -0.39 is 6.04 Å². The Morgan fingerprint density at radius 3 is 2.53 bits per heavy atom. The van der Waals surface area contributed by atoms with Crippen LogP contribution in [0.5, 0.6) is 11.5 Å². The number of rotatable bonds is 13. The molecule has 1 aliphatic carbocycles. The van der Waals surface area contributed by atoms with Gasteiger partial charge in [-0.05, 0) is 62.3 Å². The molecule has 8 nitrogen and oxygen atoms in total. The van der Waals surface area contributed by atoms with Crippen molar-refractivity contribution in [2.45, 2.75) is 84.2 Å². The van der Waals surface area contributed by atoms with E-state index in [-0.39, 0.29) is 44.7 Å². The Kier molecular flexibility index (Phi) is 12.0. The third kappa shape index (κ3) is 8.82. The molecule has 0 unspecified atom stereocenters. The molecule has 8 heteroatoms. The van der Waals surface area contributed by atoms with Crippen LogP contribution >= 0.6 is 0 Å². The fourth-order valence-electron chi connectivity index (χ4n) is 6.40. The second kappa shape index (κ2) is 15.9. The van der Waals surface area contributed by atoms with Gasteiger partial charge in [0, 0.05) is 51.5 Å². The van der Waals surface area contributed by atoms with Crippen molar-refractivity contribution in [3.8, 4) is 11.5 Å². The normalized spacial score (nSPS) is 18.3. The van der Waals surface area contributed by atoms with Crippen LogP contribution in [0.2, 0.25) is 0 Å². The summed E-state index contributed by atoms with van der Waals surface area (Å²) in [6.07, 6.45) is 7.26. The third-order valence-electron chi connectivity index (χ3n) is 8.84. The fourth-order valence-corrected chi connectivity index (χ4v) is 6.40. The molecule has 1 aliphatic heterocycles. The molecule has 2 aromatic rings. The highest BCUT2D eigenvalue weighted by molar-refractivity contribution is 5.98. The zero-order valence-electron chi connectivity index (χ0n) is 26.3. The van der Waals surface area contributed by atoms with E-state index in [1.807, 2.05) is 68.1 Å². The van der Waals surface area contributed by atoms with E-state index in [1.165, 1.54) is 6.42 Å². The Hall–Kier alpha value is -3.39. The number of ether oxygens (including phenoxy) is 2. The Balaban J connectivity index is 0.00000353. The van der Waals surface area contributed by atoms with Crippen LogP contribution in [0.1, 0.15) is 96.0 Å². The van der Waals surface area contributed by atoms with Crippen molar-refractivity contribution in [2.24, 2.45) is 11.8 Å². The van der Waals surface area contributed by atoms with Crippen molar-refractivity contribution in [3.05, 3.63) is 59.2 Å². The van der Waals surface area contributed by atoms with Gasteiger partial charge in [-0.2, -0.15) is 0 Å². The number of piperidine rings is 1. The second-order valence-electron chi connectivity index (χ2n) is 12.2. The highest BCUT2D eigenvalue weighted by Crippen LogP contribution is 2.30. The largest absolute Gasteiger partial charge is 0.497 e. The number of hydrogen-bond donors (Lipinski definition) is 2. The van der Waals surface area contributed by atoms with E-state index in [2.05, 4.69) is 10.6 Å². The first-order chi connectivity index (χ1) is 20.8. The molecule has 1 saturated heterocycles. The number of hydrogen-bond acceptors (Lipinski definition) is 6. The Morgan fingerprint density at radius 2 is 1.81 bits per heavy atom. The standard InChI is InChI=1S/C35H49N3O5.2H2/c1-5-43-31-20-30(42-4)17-16-28(31)21-36-22-32(39)38-18-10-15-29(23-38)26-13-9-14-27(19-26)35(41)37-33(34(40)24(2)3)25-11-7-6-8-12-25;;/h9,13-14,16-17,19-20,24-25,29,33,36H,5-8,10-12,15,18,21-23H2,1-4H3,(H,37,41);2*1H/t29-,33+;;/m0../s1. The van der Waals surface area contributed by atoms with E-state index in [4.69, 9.17) is 9.47 Å². The summed E-state index contributed by atoms with van der Waals surface area (Å²) in [6.45, 7) is 8.41. The van der Waals surface area contributed by atoms with Crippen molar-refractivity contribution in [1.29, 1.82) is 0 Å². The highest BCUT2D eigenvalue weighted by Gasteiger charge is 2.32. The van der Waals surface area contributed by atoms with Crippen molar-refractivity contribution < 1.29 is 26.7 Å². The molecule has 0 radical (unpaired) electrons. The van der Waals surface area contributed by atoms with E-state index in [1.54, 1.807) is 7.11 Å². The molecule has 2 amide bonds. The number of nitrogens with one attached hydrogen (secondary N) is 2. The number of amides is 2. The van der Waals surface area contributed by atoms with Gasteiger partial charge in [0.25, 0.3) is 5.91 Å². The van der Waals surface area contributed by atoms with Crippen molar-refractivity contribution in [1.82, 2.24) is 15.5 Å². The molecule has 0 spiro atoms. The number of benzene rings is 2. The number of carbonyl (C=O) groups is 3. The summed E-state index contributed by atoms with van der Waals surface area (Å²) in [5, 5.41) is 6.40. The van der Waals surface area contributed by atoms with E-state index in [0.29, 0.717) is 25.3 Å². The number of nitrogens with zero attached hydrogens (tertiary/aromatic N) is 1. The summed E-state index contributed by atoms with van der Waals surface area (Å²) in [7, 11) is 1.63. The van der Waals surface area contributed by atoms with Gasteiger partial charge >= 0.3 is 0 Å². The van der Waals surface area contributed by atoms with Crippen molar-refractivity contribution in [3.63, 3.8) is 0 Å². The van der Waals surface area contributed by atoms with Gasteiger partial charge in [0.2, 0.25) is 5.91 Å². The zero-order valence-corrected chi connectivity index (χ0v) is 26.3. The monoisotopic (exact) mass is 595 g/mol. The predicted octanol–water partition coefficient (Wildman–Crippen LogP) is 5.99. The van der Waals surface area contributed by atoms with Gasteiger partial charge in [0.15, 0.2) is 5.78 Å². The summed E-state index contributed by atoms with van der Waals surface area (Å²) in [5.74, 6) is 1.71. The smallest absolute Gasteiger partial charge is 0.251 e. The van der Waals surface area contributed by atoms with E-state index in [9.17, 15) is 14.4 Å².